The Bertz CT molecular complexity index is 127. The summed E-state index contributed by atoms with van der Waals surface area (Å²) in [6, 6.07) is 0. The Kier molecular flexibility index (Phi) is 8.26. The van der Waals surface area contributed by atoms with Gasteiger partial charge < -0.3 is 4.90 Å². The van der Waals surface area contributed by atoms with E-state index in [-0.39, 0.29) is 0 Å². The number of rotatable bonds is 7. The molecule has 0 unspecified atom stereocenters. The van der Waals surface area contributed by atoms with Crippen molar-refractivity contribution in [3.63, 3.8) is 0 Å². The highest BCUT2D eigenvalue weighted by Crippen LogP contribution is 2.35. The van der Waals surface area contributed by atoms with E-state index >= 15 is 0 Å². The molecule has 0 bridgehead atoms. The predicted octanol–water partition coefficient (Wildman–Crippen LogP) is 3.61. The van der Waals surface area contributed by atoms with Crippen molar-refractivity contribution < 1.29 is 0 Å². The van der Waals surface area contributed by atoms with Gasteiger partial charge in [-0.25, -0.2) is 0 Å². The van der Waals surface area contributed by atoms with Crippen LogP contribution in [0.5, 0.6) is 0 Å². The molecule has 0 spiro atoms. The second kappa shape index (κ2) is 7.89. The van der Waals surface area contributed by atoms with E-state index in [1.54, 1.807) is 0 Å². The SMILES string of the molecule is CC(C)C(SSCCN(C)C)C(C)C. The maximum absolute atomic E-state index is 2.32. The quantitative estimate of drug-likeness (QED) is 0.490. The van der Waals surface area contributed by atoms with Crippen molar-refractivity contribution in [1.82, 2.24) is 4.90 Å². The zero-order chi connectivity index (χ0) is 11.1. The Balaban J connectivity index is 3.62. The van der Waals surface area contributed by atoms with Crippen LogP contribution in [0.3, 0.4) is 0 Å². The van der Waals surface area contributed by atoms with Crippen molar-refractivity contribution in [2.24, 2.45) is 11.8 Å². The van der Waals surface area contributed by atoms with Crippen molar-refractivity contribution in [2.45, 2.75) is 32.9 Å². The molecular weight excluding hydrogens is 210 g/mol. The lowest BCUT2D eigenvalue weighted by Gasteiger charge is -2.23. The van der Waals surface area contributed by atoms with E-state index in [4.69, 9.17) is 0 Å². The molecule has 0 aliphatic heterocycles. The Morgan fingerprint density at radius 2 is 1.50 bits per heavy atom. The van der Waals surface area contributed by atoms with Crippen LogP contribution in [0.25, 0.3) is 0 Å². The van der Waals surface area contributed by atoms with E-state index in [1.807, 2.05) is 10.8 Å². The van der Waals surface area contributed by atoms with Crippen molar-refractivity contribution in [3.8, 4) is 0 Å². The highest BCUT2D eigenvalue weighted by molar-refractivity contribution is 8.76. The maximum Gasteiger partial charge on any atom is 0.0197 e. The third kappa shape index (κ3) is 7.02. The zero-order valence-electron chi connectivity index (χ0n) is 10.4. The molecular formula is C11H25NS2. The first-order chi connectivity index (χ1) is 6.45. The average molecular weight is 235 g/mol. The molecule has 0 aromatic rings. The molecule has 0 radical (unpaired) electrons. The van der Waals surface area contributed by atoms with E-state index in [0.717, 1.165) is 17.1 Å². The third-order valence-corrected chi connectivity index (χ3v) is 5.49. The summed E-state index contributed by atoms with van der Waals surface area (Å²) in [5.74, 6) is 2.80. The van der Waals surface area contributed by atoms with Gasteiger partial charge in [-0.15, -0.1) is 0 Å². The molecule has 86 valence electrons. The van der Waals surface area contributed by atoms with Gasteiger partial charge >= 0.3 is 0 Å². The Morgan fingerprint density at radius 3 is 1.86 bits per heavy atom. The molecule has 0 aromatic heterocycles. The fraction of sp³-hybridized carbons (Fsp3) is 1.00. The van der Waals surface area contributed by atoms with Gasteiger partial charge in [0.15, 0.2) is 0 Å². The minimum Gasteiger partial charge on any atom is -0.309 e. The van der Waals surface area contributed by atoms with Crippen LogP contribution in [0.4, 0.5) is 0 Å². The first kappa shape index (κ1) is 14.7. The molecule has 0 fully saturated rings. The molecule has 0 atom stereocenters. The Labute approximate surface area is 97.8 Å². The predicted molar refractivity (Wildman–Crippen MR) is 72.1 cm³/mol. The van der Waals surface area contributed by atoms with Gasteiger partial charge in [-0.1, -0.05) is 49.3 Å². The van der Waals surface area contributed by atoms with Crippen molar-refractivity contribution in [3.05, 3.63) is 0 Å². The summed E-state index contributed by atoms with van der Waals surface area (Å²) in [5.41, 5.74) is 0. The van der Waals surface area contributed by atoms with Crippen LogP contribution in [0.15, 0.2) is 0 Å². The van der Waals surface area contributed by atoms with Gasteiger partial charge in [-0.05, 0) is 25.9 Å². The van der Waals surface area contributed by atoms with Crippen LogP contribution >= 0.6 is 21.6 Å². The lowest BCUT2D eigenvalue weighted by molar-refractivity contribution is 0.438. The van der Waals surface area contributed by atoms with Crippen molar-refractivity contribution >= 4 is 21.6 Å². The number of nitrogens with zero attached hydrogens (tertiary/aromatic N) is 1. The standard InChI is InChI=1S/C11H25NS2/c1-9(2)11(10(3)4)14-13-8-7-12(5)6/h9-11H,7-8H2,1-6H3. The second-order valence-electron chi connectivity index (χ2n) is 4.67. The normalized spacial score (nSPS) is 12.4. The van der Waals surface area contributed by atoms with Crippen LogP contribution in [0, 0.1) is 11.8 Å². The Morgan fingerprint density at radius 1 is 1.00 bits per heavy atom. The van der Waals surface area contributed by atoms with Crippen LogP contribution in [0.1, 0.15) is 27.7 Å². The van der Waals surface area contributed by atoms with Crippen LogP contribution in [0.2, 0.25) is 0 Å². The van der Waals surface area contributed by atoms with Gasteiger partial charge in [-0.3, -0.25) is 0 Å². The average Bonchev–Trinajstić information content (AvgIpc) is 2.01. The molecule has 0 saturated carbocycles. The summed E-state index contributed by atoms with van der Waals surface area (Å²) in [6.07, 6.45) is 0. The summed E-state index contributed by atoms with van der Waals surface area (Å²) in [4.78, 5) is 2.24. The van der Waals surface area contributed by atoms with Crippen LogP contribution in [-0.2, 0) is 0 Å². The number of hydrogen-bond acceptors (Lipinski definition) is 3. The molecule has 0 aromatic carbocycles. The van der Waals surface area contributed by atoms with Crippen LogP contribution in [-0.4, -0.2) is 36.5 Å². The first-order valence-corrected chi connectivity index (χ1v) is 7.76. The van der Waals surface area contributed by atoms with Gasteiger partial charge in [0.05, 0.1) is 0 Å². The van der Waals surface area contributed by atoms with Gasteiger partial charge in [0.25, 0.3) is 0 Å². The monoisotopic (exact) mass is 235 g/mol. The summed E-state index contributed by atoms with van der Waals surface area (Å²) in [5, 5.41) is 0.794. The van der Waals surface area contributed by atoms with Gasteiger partial charge in [0.1, 0.15) is 0 Å². The lowest BCUT2D eigenvalue weighted by atomic mass is 10.0. The van der Waals surface area contributed by atoms with Crippen LogP contribution < -0.4 is 0 Å². The first-order valence-electron chi connectivity index (χ1n) is 5.38. The molecule has 0 saturated heterocycles. The molecule has 14 heavy (non-hydrogen) atoms. The fourth-order valence-electron chi connectivity index (χ4n) is 1.34. The molecule has 0 amide bonds. The topological polar surface area (TPSA) is 3.24 Å². The fourth-order valence-corrected chi connectivity index (χ4v) is 4.79. The molecule has 0 aliphatic rings. The van der Waals surface area contributed by atoms with E-state index in [0.29, 0.717) is 0 Å². The van der Waals surface area contributed by atoms with E-state index in [9.17, 15) is 0 Å². The minimum atomic E-state index is 0.784. The highest BCUT2D eigenvalue weighted by Gasteiger charge is 2.17. The maximum atomic E-state index is 2.32. The van der Waals surface area contributed by atoms with Gasteiger partial charge in [-0.2, -0.15) is 0 Å². The Hall–Kier alpha value is 0.660. The molecule has 0 heterocycles. The summed E-state index contributed by atoms with van der Waals surface area (Å²) < 4.78 is 0. The number of hydrogen-bond donors (Lipinski definition) is 0. The van der Waals surface area contributed by atoms with E-state index in [2.05, 4.69) is 57.5 Å². The van der Waals surface area contributed by atoms with Gasteiger partial charge in [0, 0.05) is 17.5 Å². The van der Waals surface area contributed by atoms with Crippen molar-refractivity contribution in [1.29, 1.82) is 0 Å². The molecule has 3 heteroatoms. The minimum absolute atomic E-state index is 0.784. The molecule has 0 aliphatic carbocycles. The lowest BCUT2D eigenvalue weighted by Crippen LogP contribution is -2.18. The highest BCUT2D eigenvalue weighted by atomic mass is 33.1. The zero-order valence-corrected chi connectivity index (χ0v) is 12.0. The van der Waals surface area contributed by atoms with E-state index < -0.39 is 0 Å². The van der Waals surface area contributed by atoms with Gasteiger partial charge in [0.2, 0.25) is 0 Å². The summed E-state index contributed by atoms with van der Waals surface area (Å²) >= 11 is 0. The second-order valence-corrected chi connectivity index (χ2v) is 7.34. The smallest absolute Gasteiger partial charge is 0.0197 e. The summed E-state index contributed by atoms with van der Waals surface area (Å²) in [7, 11) is 8.36. The summed E-state index contributed by atoms with van der Waals surface area (Å²) in [6.45, 7) is 10.5. The molecule has 1 nitrogen and oxygen atoms in total. The molecule has 0 N–H and O–H groups in total. The van der Waals surface area contributed by atoms with Crippen molar-refractivity contribution in [2.75, 3.05) is 26.4 Å². The largest absolute Gasteiger partial charge is 0.309 e. The molecule has 0 rings (SSSR count). The van der Waals surface area contributed by atoms with E-state index in [1.165, 1.54) is 12.3 Å². The third-order valence-electron chi connectivity index (χ3n) is 2.12.